The Morgan fingerprint density at radius 2 is 1.73 bits per heavy atom. The monoisotopic (exact) mass is 560 g/mol. The van der Waals surface area contributed by atoms with E-state index in [1.807, 2.05) is 13.8 Å². The van der Waals surface area contributed by atoms with Crippen LogP contribution in [-0.4, -0.2) is 33.2 Å². The molecular formula is C30H33FN6O4. The maximum atomic E-state index is 13.9. The first-order valence-electron chi connectivity index (χ1n) is 14.0. The van der Waals surface area contributed by atoms with E-state index in [0.29, 0.717) is 41.8 Å². The number of anilines is 1. The number of amides is 3. The standard InChI is InChI=1S/C30H33FN6O4/c1-17(2)37-26-12-10-19(13-22(26)28(39)36(30(37)41)16-18-7-8-18)27(38)34-24-5-3-4-6-25(24)35-29(40)33-21-11-9-20(15-32)23(31)14-21/h9-14,17-18,24-25H,3-8,16H2,1-2H3,(H,34,38)(H2,33,35,40)/t24-,25+/m1/s1. The van der Waals surface area contributed by atoms with Crippen LogP contribution in [0.5, 0.6) is 0 Å². The van der Waals surface area contributed by atoms with Gasteiger partial charge in [0.1, 0.15) is 11.9 Å². The van der Waals surface area contributed by atoms with E-state index in [-0.39, 0.29) is 41.0 Å². The van der Waals surface area contributed by atoms with Crippen molar-refractivity contribution in [3.8, 4) is 6.07 Å². The fourth-order valence-electron chi connectivity index (χ4n) is 5.49. The maximum Gasteiger partial charge on any atom is 0.331 e. The molecule has 5 rings (SSSR count). The summed E-state index contributed by atoms with van der Waals surface area (Å²) in [6.07, 6.45) is 5.02. The van der Waals surface area contributed by atoms with E-state index in [1.54, 1.807) is 28.8 Å². The Bertz CT molecular complexity index is 1670. The molecule has 0 aliphatic heterocycles. The molecule has 0 spiro atoms. The van der Waals surface area contributed by atoms with Crippen molar-refractivity contribution in [3.05, 3.63) is 74.2 Å². The van der Waals surface area contributed by atoms with Crippen LogP contribution in [0.1, 0.15) is 74.3 Å². The molecule has 0 saturated heterocycles. The predicted molar refractivity (Wildman–Crippen MR) is 152 cm³/mol. The summed E-state index contributed by atoms with van der Waals surface area (Å²) < 4.78 is 16.8. The number of carbonyl (C=O) groups excluding carboxylic acids is 2. The maximum absolute atomic E-state index is 13.9. The molecule has 11 heteroatoms. The van der Waals surface area contributed by atoms with E-state index in [4.69, 9.17) is 5.26 Å². The van der Waals surface area contributed by atoms with Crippen LogP contribution in [0.25, 0.3) is 10.9 Å². The number of carbonyl (C=O) groups is 2. The Balaban J connectivity index is 1.34. The number of hydrogen-bond donors (Lipinski definition) is 3. The molecule has 3 N–H and O–H groups in total. The summed E-state index contributed by atoms with van der Waals surface area (Å²) in [4.78, 5) is 52.5. The normalized spacial score (nSPS) is 18.6. The lowest BCUT2D eigenvalue weighted by atomic mass is 9.90. The minimum atomic E-state index is -0.729. The van der Waals surface area contributed by atoms with Crippen molar-refractivity contribution in [1.82, 2.24) is 19.8 Å². The summed E-state index contributed by atoms with van der Waals surface area (Å²) in [7, 11) is 0. The molecule has 2 atom stereocenters. The van der Waals surface area contributed by atoms with Crippen molar-refractivity contribution in [1.29, 1.82) is 5.26 Å². The Morgan fingerprint density at radius 3 is 2.37 bits per heavy atom. The molecule has 1 heterocycles. The molecule has 0 radical (unpaired) electrons. The van der Waals surface area contributed by atoms with E-state index in [1.165, 1.54) is 16.7 Å². The highest BCUT2D eigenvalue weighted by Gasteiger charge is 2.29. The fourth-order valence-corrected chi connectivity index (χ4v) is 5.49. The molecule has 2 aliphatic rings. The molecule has 41 heavy (non-hydrogen) atoms. The Morgan fingerprint density at radius 1 is 1.02 bits per heavy atom. The average Bonchev–Trinajstić information content (AvgIpc) is 3.76. The largest absolute Gasteiger partial charge is 0.347 e. The topological polar surface area (TPSA) is 138 Å². The highest BCUT2D eigenvalue weighted by atomic mass is 19.1. The minimum Gasteiger partial charge on any atom is -0.347 e. The first-order chi connectivity index (χ1) is 19.7. The van der Waals surface area contributed by atoms with Gasteiger partial charge < -0.3 is 16.0 Å². The quantitative estimate of drug-likeness (QED) is 0.401. The summed E-state index contributed by atoms with van der Waals surface area (Å²) in [5.74, 6) is -0.780. The molecule has 10 nitrogen and oxygen atoms in total. The summed E-state index contributed by atoms with van der Waals surface area (Å²) in [6, 6.07) is 8.92. The summed E-state index contributed by atoms with van der Waals surface area (Å²) in [6.45, 7) is 4.15. The first kappa shape index (κ1) is 28.1. The summed E-state index contributed by atoms with van der Waals surface area (Å²) in [5.41, 5.74) is 0.152. The number of halogens is 1. The van der Waals surface area contributed by atoms with Crippen LogP contribution in [0.4, 0.5) is 14.9 Å². The number of aromatic nitrogens is 2. The molecule has 0 bridgehead atoms. The second-order valence-electron chi connectivity index (χ2n) is 11.2. The van der Waals surface area contributed by atoms with E-state index >= 15 is 0 Å². The smallest absolute Gasteiger partial charge is 0.331 e. The Labute approximate surface area is 236 Å². The summed E-state index contributed by atoms with van der Waals surface area (Å²) >= 11 is 0. The second kappa shape index (κ2) is 11.6. The van der Waals surface area contributed by atoms with Crippen LogP contribution in [0.2, 0.25) is 0 Å². The Hall–Kier alpha value is -4.46. The average molecular weight is 561 g/mol. The van der Waals surface area contributed by atoms with Crippen molar-refractivity contribution in [2.24, 2.45) is 5.92 Å². The number of urea groups is 1. The number of nitriles is 1. The van der Waals surface area contributed by atoms with Crippen LogP contribution in [0.3, 0.4) is 0 Å². The molecule has 3 aromatic rings. The van der Waals surface area contributed by atoms with Gasteiger partial charge in [0, 0.05) is 29.9 Å². The van der Waals surface area contributed by atoms with E-state index in [2.05, 4.69) is 16.0 Å². The van der Waals surface area contributed by atoms with Crippen LogP contribution in [0, 0.1) is 23.1 Å². The van der Waals surface area contributed by atoms with Crippen molar-refractivity contribution in [3.63, 3.8) is 0 Å². The third kappa shape index (κ3) is 6.01. The Kier molecular flexibility index (Phi) is 7.92. The van der Waals surface area contributed by atoms with Gasteiger partial charge in [-0.05, 0) is 81.8 Å². The van der Waals surface area contributed by atoms with E-state index < -0.39 is 17.4 Å². The molecule has 2 aromatic carbocycles. The third-order valence-corrected chi connectivity index (χ3v) is 7.83. The molecule has 2 fully saturated rings. The van der Waals surface area contributed by atoms with E-state index in [0.717, 1.165) is 31.7 Å². The molecule has 214 valence electrons. The van der Waals surface area contributed by atoms with Gasteiger partial charge in [-0.3, -0.25) is 18.7 Å². The lowest BCUT2D eigenvalue weighted by Gasteiger charge is -2.32. The lowest BCUT2D eigenvalue weighted by molar-refractivity contribution is 0.0916. The van der Waals surface area contributed by atoms with Gasteiger partial charge in [-0.2, -0.15) is 5.26 Å². The molecule has 2 saturated carbocycles. The first-order valence-corrected chi connectivity index (χ1v) is 14.0. The second-order valence-corrected chi connectivity index (χ2v) is 11.2. The minimum absolute atomic E-state index is 0.117. The fraction of sp³-hybridized carbons (Fsp3) is 0.433. The zero-order valence-corrected chi connectivity index (χ0v) is 23.1. The van der Waals surface area contributed by atoms with Crippen molar-refractivity contribution in [2.45, 2.75) is 77.0 Å². The highest BCUT2D eigenvalue weighted by Crippen LogP contribution is 2.30. The predicted octanol–water partition coefficient (Wildman–Crippen LogP) is 4.03. The van der Waals surface area contributed by atoms with Gasteiger partial charge in [0.05, 0.1) is 22.5 Å². The van der Waals surface area contributed by atoms with E-state index in [9.17, 15) is 23.6 Å². The molecule has 3 amide bonds. The third-order valence-electron chi connectivity index (χ3n) is 7.83. The number of nitrogens with zero attached hydrogens (tertiary/aromatic N) is 3. The number of hydrogen-bond acceptors (Lipinski definition) is 5. The van der Waals surface area contributed by atoms with Crippen LogP contribution >= 0.6 is 0 Å². The summed E-state index contributed by atoms with van der Waals surface area (Å²) in [5, 5.41) is 17.7. The number of fused-ring (bicyclic) bond motifs is 1. The highest BCUT2D eigenvalue weighted by molar-refractivity contribution is 5.98. The van der Waals surface area contributed by atoms with Crippen LogP contribution in [-0.2, 0) is 6.54 Å². The molecular weight excluding hydrogens is 527 g/mol. The van der Waals surface area contributed by atoms with Gasteiger partial charge in [0.15, 0.2) is 0 Å². The van der Waals surface area contributed by atoms with Crippen LogP contribution in [0.15, 0.2) is 46.0 Å². The SMILES string of the molecule is CC(C)n1c(=O)n(CC2CC2)c(=O)c2cc(C(=O)N[C@@H]3CCCC[C@@H]3NC(=O)Nc3ccc(C#N)c(F)c3)ccc21. The van der Waals surface area contributed by atoms with Crippen molar-refractivity contribution in [2.75, 3.05) is 5.32 Å². The molecule has 2 aliphatic carbocycles. The number of benzene rings is 2. The van der Waals surface area contributed by atoms with Gasteiger partial charge in [-0.15, -0.1) is 0 Å². The van der Waals surface area contributed by atoms with Gasteiger partial charge in [0.2, 0.25) is 0 Å². The van der Waals surface area contributed by atoms with Crippen LogP contribution < -0.4 is 27.2 Å². The van der Waals surface area contributed by atoms with Gasteiger partial charge in [0.25, 0.3) is 11.5 Å². The molecule has 1 aromatic heterocycles. The van der Waals surface area contributed by atoms with Crippen molar-refractivity contribution < 1.29 is 14.0 Å². The van der Waals surface area contributed by atoms with Gasteiger partial charge in [-0.25, -0.2) is 14.0 Å². The lowest BCUT2D eigenvalue weighted by Crippen LogP contribution is -2.54. The van der Waals surface area contributed by atoms with Gasteiger partial charge >= 0.3 is 11.7 Å². The van der Waals surface area contributed by atoms with Gasteiger partial charge in [-0.1, -0.05) is 12.8 Å². The van der Waals surface area contributed by atoms with Crippen molar-refractivity contribution >= 4 is 28.5 Å². The molecule has 0 unspecified atom stereocenters. The zero-order valence-electron chi connectivity index (χ0n) is 23.1. The number of nitrogens with one attached hydrogen (secondary N) is 3. The number of rotatable bonds is 7. The zero-order chi connectivity index (χ0) is 29.3.